The third-order valence-electron chi connectivity index (χ3n) is 3.94. The Morgan fingerprint density at radius 1 is 0.708 bits per heavy atom. The Kier molecular flexibility index (Phi) is 5.41. The molecule has 3 rings (SSSR count). The number of benzene rings is 3. The van der Waals surface area contributed by atoms with Gasteiger partial charge < -0.3 is 5.32 Å². The zero-order valence-electron chi connectivity index (χ0n) is 13.6. The first-order valence-electron chi connectivity index (χ1n) is 8.26. The molecule has 0 spiro atoms. The molecule has 0 saturated heterocycles. The summed E-state index contributed by atoms with van der Waals surface area (Å²) >= 11 is 0. The van der Waals surface area contributed by atoms with E-state index in [1.165, 1.54) is 16.7 Å². The summed E-state index contributed by atoms with van der Waals surface area (Å²) in [5.41, 5.74) is 4.63. The Morgan fingerprint density at radius 3 is 2.08 bits per heavy atom. The summed E-state index contributed by atoms with van der Waals surface area (Å²) in [5, 5.41) is 2.93. The minimum absolute atomic E-state index is 0.0506. The fraction of sp³-hybridized carbons (Fsp3) is 0.136. The number of aryl methyl sites for hydroxylation is 1. The maximum absolute atomic E-state index is 12.1. The van der Waals surface area contributed by atoms with Gasteiger partial charge in [0.25, 0.3) is 0 Å². The van der Waals surface area contributed by atoms with Gasteiger partial charge >= 0.3 is 0 Å². The van der Waals surface area contributed by atoms with Gasteiger partial charge in [-0.1, -0.05) is 72.8 Å². The van der Waals surface area contributed by atoms with Crippen molar-refractivity contribution in [1.29, 1.82) is 0 Å². The molecule has 3 aromatic rings. The van der Waals surface area contributed by atoms with Gasteiger partial charge in [0.1, 0.15) is 0 Å². The minimum Gasteiger partial charge on any atom is -0.326 e. The van der Waals surface area contributed by atoms with E-state index in [0.29, 0.717) is 6.42 Å². The molecule has 1 amide bonds. The van der Waals surface area contributed by atoms with E-state index in [1.807, 2.05) is 36.4 Å². The second-order valence-corrected chi connectivity index (χ2v) is 5.90. The van der Waals surface area contributed by atoms with Crippen LogP contribution < -0.4 is 5.32 Å². The molecular formula is C22H21NO. The number of anilines is 1. The number of rotatable bonds is 6. The van der Waals surface area contributed by atoms with Gasteiger partial charge in [0.05, 0.1) is 0 Å². The van der Waals surface area contributed by atoms with Crippen LogP contribution in [0.25, 0.3) is 0 Å². The van der Waals surface area contributed by atoms with Crippen LogP contribution in [0.5, 0.6) is 0 Å². The highest BCUT2D eigenvalue weighted by molar-refractivity contribution is 5.90. The van der Waals surface area contributed by atoms with Crippen LogP contribution in [0, 0.1) is 0 Å². The molecule has 0 radical (unpaired) electrons. The molecule has 120 valence electrons. The first-order chi connectivity index (χ1) is 11.8. The Labute approximate surface area is 143 Å². The first kappa shape index (κ1) is 16.0. The van der Waals surface area contributed by atoms with Crippen LogP contribution in [-0.2, 0) is 17.6 Å². The van der Waals surface area contributed by atoms with E-state index in [4.69, 9.17) is 0 Å². The molecular weight excluding hydrogens is 294 g/mol. The number of hydrogen-bond donors (Lipinski definition) is 1. The standard InChI is InChI=1S/C22H21NO/c24-22(23-21-12-5-2-6-13-21)15-14-19-10-7-11-20(17-19)16-18-8-3-1-4-9-18/h1-13,17H,14-16H2,(H,23,24). The zero-order valence-corrected chi connectivity index (χ0v) is 13.6. The van der Waals surface area contributed by atoms with Crippen LogP contribution >= 0.6 is 0 Å². The van der Waals surface area contributed by atoms with Crippen molar-refractivity contribution in [2.24, 2.45) is 0 Å². The maximum atomic E-state index is 12.1. The summed E-state index contributed by atoms with van der Waals surface area (Å²) in [6, 6.07) is 28.5. The lowest BCUT2D eigenvalue weighted by atomic mass is 10.0. The molecule has 0 atom stereocenters. The Balaban J connectivity index is 1.55. The zero-order chi connectivity index (χ0) is 16.6. The Morgan fingerprint density at radius 2 is 1.33 bits per heavy atom. The van der Waals surface area contributed by atoms with Crippen molar-refractivity contribution in [3.05, 3.63) is 102 Å². The number of carbonyl (C=O) groups excluding carboxylic acids is 1. The van der Waals surface area contributed by atoms with Gasteiger partial charge in [-0.05, 0) is 41.7 Å². The lowest BCUT2D eigenvalue weighted by Crippen LogP contribution is -2.12. The van der Waals surface area contributed by atoms with E-state index in [2.05, 4.69) is 53.8 Å². The highest BCUT2D eigenvalue weighted by Crippen LogP contribution is 2.13. The van der Waals surface area contributed by atoms with Gasteiger partial charge in [-0.25, -0.2) is 0 Å². The van der Waals surface area contributed by atoms with Crippen LogP contribution in [0.4, 0.5) is 5.69 Å². The molecule has 24 heavy (non-hydrogen) atoms. The molecule has 1 N–H and O–H groups in total. The molecule has 3 aromatic carbocycles. The molecule has 2 heteroatoms. The summed E-state index contributed by atoms with van der Waals surface area (Å²) in [5.74, 6) is 0.0506. The van der Waals surface area contributed by atoms with Crippen molar-refractivity contribution < 1.29 is 4.79 Å². The predicted octanol–water partition coefficient (Wildman–Crippen LogP) is 4.85. The third kappa shape index (κ3) is 4.82. The monoisotopic (exact) mass is 315 g/mol. The molecule has 2 nitrogen and oxygen atoms in total. The number of nitrogens with one attached hydrogen (secondary N) is 1. The topological polar surface area (TPSA) is 29.1 Å². The highest BCUT2D eigenvalue weighted by atomic mass is 16.1. The Hall–Kier alpha value is -2.87. The van der Waals surface area contributed by atoms with Crippen LogP contribution in [-0.4, -0.2) is 5.91 Å². The van der Waals surface area contributed by atoms with E-state index >= 15 is 0 Å². The van der Waals surface area contributed by atoms with E-state index in [0.717, 1.165) is 18.5 Å². The minimum atomic E-state index is 0.0506. The van der Waals surface area contributed by atoms with Crippen LogP contribution in [0.2, 0.25) is 0 Å². The molecule has 0 fully saturated rings. The second-order valence-electron chi connectivity index (χ2n) is 5.90. The largest absolute Gasteiger partial charge is 0.326 e. The summed E-state index contributed by atoms with van der Waals surface area (Å²) in [7, 11) is 0. The SMILES string of the molecule is O=C(CCc1cccc(Cc2ccccc2)c1)Nc1ccccc1. The molecule has 0 aliphatic heterocycles. The number of carbonyl (C=O) groups is 1. The summed E-state index contributed by atoms with van der Waals surface area (Å²) in [6.45, 7) is 0. The smallest absolute Gasteiger partial charge is 0.224 e. The summed E-state index contributed by atoms with van der Waals surface area (Å²) in [4.78, 5) is 12.1. The third-order valence-corrected chi connectivity index (χ3v) is 3.94. The van der Waals surface area contributed by atoms with Crippen LogP contribution in [0.15, 0.2) is 84.9 Å². The van der Waals surface area contributed by atoms with Crippen molar-refractivity contribution >= 4 is 11.6 Å². The molecule has 0 heterocycles. The fourth-order valence-corrected chi connectivity index (χ4v) is 2.73. The lowest BCUT2D eigenvalue weighted by molar-refractivity contribution is -0.116. The van der Waals surface area contributed by atoms with E-state index < -0.39 is 0 Å². The van der Waals surface area contributed by atoms with Gasteiger partial charge in [-0.15, -0.1) is 0 Å². The molecule has 0 bridgehead atoms. The van der Waals surface area contributed by atoms with E-state index in [1.54, 1.807) is 0 Å². The predicted molar refractivity (Wildman–Crippen MR) is 99.1 cm³/mol. The summed E-state index contributed by atoms with van der Waals surface area (Å²) in [6.07, 6.45) is 2.16. The van der Waals surface area contributed by atoms with Gasteiger partial charge in [-0.3, -0.25) is 4.79 Å². The Bertz CT molecular complexity index is 781. The van der Waals surface area contributed by atoms with Gasteiger partial charge in [0.2, 0.25) is 5.91 Å². The van der Waals surface area contributed by atoms with Crippen molar-refractivity contribution in [1.82, 2.24) is 0 Å². The molecule has 0 aliphatic rings. The fourth-order valence-electron chi connectivity index (χ4n) is 2.73. The van der Waals surface area contributed by atoms with Crippen LogP contribution in [0.1, 0.15) is 23.1 Å². The highest BCUT2D eigenvalue weighted by Gasteiger charge is 2.04. The first-order valence-corrected chi connectivity index (χ1v) is 8.26. The van der Waals surface area contributed by atoms with Crippen molar-refractivity contribution in [3.63, 3.8) is 0 Å². The van der Waals surface area contributed by atoms with Crippen molar-refractivity contribution in [2.75, 3.05) is 5.32 Å². The van der Waals surface area contributed by atoms with Gasteiger partial charge in [-0.2, -0.15) is 0 Å². The number of amides is 1. The van der Waals surface area contributed by atoms with Crippen LogP contribution in [0.3, 0.4) is 0 Å². The quantitative estimate of drug-likeness (QED) is 0.692. The number of para-hydroxylation sites is 1. The summed E-state index contributed by atoms with van der Waals surface area (Å²) < 4.78 is 0. The van der Waals surface area contributed by atoms with Crippen molar-refractivity contribution in [3.8, 4) is 0 Å². The molecule has 0 aromatic heterocycles. The average Bonchev–Trinajstić information content (AvgIpc) is 2.62. The average molecular weight is 315 g/mol. The van der Waals surface area contributed by atoms with E-state index in [9.17, 15) is 4.79 Å². The van der Waals surface area contributed by atoms with Gasteiger partial charge in [0, 0.05) is 12.1 Å². The number of hydrogen-bond acceptors (Lipinski definition) is 1. The second kappa shape index (κ2) is 8.11. The normalized spacial score (nSPS) is 10.3. The van der Waals surface area contributed by atoms with Gasteiger partial charge in [0.15, 0.2) is 0 Å². The van der Waals surface area contributed by atoms with E-state index in [-0.39, 0.29) is 5.91 Å². The molecule has 0 saturated carbocycles. The lowest BCUT2D eigenvalue weighted by Gasteiger charge is -2.07. The molecule has 0 unspecified atom stereocenters. The maximum Gasteiger partial charge on any atom is 0.224 e. The van der Waals surface area contributed by atoms with Crippen molar-refractivity contribution in [2.45, 2.75) is 19.3 Å². The molecule has 0 aliphatic carbocycles.